The van der Waals surface area contributed by atoms with Gasteiger partial charge in [-0.1, -0.05) is 24.3 Å². The van der Waals surface area contributed by atoms with E-state index in [1.54, 1.807) is 30.3 Å². The van der Waals surface area contributed by atoms with Crippen molar-refractivity contribution in [2.45, 2.75) is 19.4 Å². The second-order valence-electron chi connectivity index (χ2n) is 6.37. The third-order valence-electron chi connectivity index (χ3n) is 4.33. The van der Waals surface area contributed by atoms with E-state index in [0.717, 1.165) is 5.56 Å². The molecular formula is C19H20N2O5S. The topological polar surface area (TPSA) is 104 Å². The van der Waals surface area contributed by atoms with E-state index in [2.05, 4.69) is 5.32 Å². The van der Waals surface area contributed by atoms with E-state index in [4.69, 9.17) is 5.11 Å². The number of hydrogen-bond donors (Lipinski definition) is 2. The lowest BCUT2D eigenvalue weighted by molar-refractivity contribution is -0.120. The number of anilines is 1. The first-order chi connectivity index (χ1) is 12.8. The molecule has 3 rings (SSSR count). The minimum absolute atomic E-state index is 0.0707. The zero-order chi connectivity index (χ0) is 19.4. The summed E-state index contributed by atoms with van der Waals surface area (Å²) in [5.74, 6) is -1.12. The summed E-state index contributed by atoms with van der Waals surface area (Å²) in [6, 6.07) is 13.3. The van der Waals surface area contributed by atoms with Crippen LogP contribution in [0.2, 0.25) is 0 Å². The van der Waals surface area contributed by atoms with E-state index < -0.39 is 16.0 Å². The Morgan fingerprint density at radius 2 is 1.81 bits per heavy atom. The van der Waals surface area contributed by atoms with Gasteiger partial charge in [-0.05, 0) is 41.8 Å². The molecule has 0 saturated carbocycles. The number of carboxylic acid groups (broad SMARTS) is 1. The number of amides is 1. The molecule has 1 aliphatic rings. The van der Waals surface area contributed by atoms with Crippen LogP contribution >= 0.6 is 0 Å². The molecular weight excluding hydrogens is 368 g/mol. The Labute approximate surface area is 157 Å². The Kier molecular flexibility index (Phi) is 5.46. The molecule has 2 N–H and O–H groups in total. The Balaban J connectivity index is 1.62. The molecule has 27 heavy (non-hydrogen) atoms. The number of nitrogens with one attached hydrogen (secondary N) is 1. The van der Waals surface area contributed by atoms with E-state index >= 15 is 0 Å². The smallest absolute Gasteiger partial charge is 0.335 e. The fourth-order valence-corrected chi connectivity index (χ4v) is 4.57. The molecule has 7 nitrogen and oxygen atoms in total. The standard InChI is InChI=1S/C19H20N2O5S/c22-18(12-14-4-1-6-16(10-14)19(23)24)20-13-15-5-2-7-17(11-15)21-8-3-9-27(21,25)26/h1-2,4-7,10-11H,3,8-9,12-13H2,(H,20,22)(H,23,24). The third kappa shape index (κ3) is 4.65. The number of rotatable bonds is 6. The van der Waals surface area contributed by atoms with E-state index in [0.29, 0.717) is 24.2 Å². The first kappa shape index (κ1) is 18.9. The van der Waals surface area contributed by atoms with Gasteiger partial charge in [-0.3, -0.25) is 9.10 Å². The predicted molar refractivity (Wildman–Crippen MR) is 101 cm³/mol. The van der Waals surface area contributed by atoms with Crippen LogP contribution in [-0.2, 0) is 27.8 Å². The van der Waals surface area contributed by atoms with Crippen molar-refractivity contribution < 1.29 is 23.1 Å². The fourth-order valence-electron chi connectivity index (χ4n) is 3.01. The van der Waals surface area contributed by atoms with Gasteiger partial charge in [0.1, 0.15) is 0 Å². The highest BCUT2D eigenvalue weighted by Crippen LogP contribution is 2.24. The molecule has 1 saturated heterocycles. The Bertz CT molecular complexity index is 972. The lowest BCUT2D eigenvalue weighted by atomic mass is 10.1. The molecule has 2 aromatic rings. The molecule has 0 atom stereocenters. The summed E-state index contributed by atoms with van der Waals surface area (Å²) in [7, 11) is -3.24. The zero-order valence-electron chi connectivity index (χ0n) is 14.6. The van der Waals surface area contributed by atoms with Gasteiger partial charge in [0, 0.05) is 13.1 Å². The van der Waals surface area contributed by atoms with Gasteiger partial charge in [0.2, 0.25) is 15.9 Å². The molecule has 0 unspecified atom stereocenters. The van der Waals surface area contributed by atoms with Gasteiger partial charge in [0.15, 0.2) is 0 Å². The highest BCUT2D eigenvalue weighted by atomic mass is 32.2. The molecule has 1 heterocycles. The van der Waals surface area contributed by atoms with Gasteiger partial charge < -0.3 is 10.4 Å². The molecule has 0 spiro atoms. The van der Waals surface area contributed by atoms with Crippen LogP contribution < -0.4 is 9.62 Å². The van der Waals surface area contributed by atoms with Gasteiger partial charge in [-0.15, -0.1) is 0 Å². The SMILES string of the molecule is O=C(Cc1cccc(C(=O)O)c1)NCc1cccc(N2CCCS2(=O)=O)c1. The van der Waals surface area contributed by atoms with Crippen molar-refractivity contribution >= 4 is 27.6 Å². The zero-order valence-corrected chi connectivity index (χ0v) is 15.4. The molecule has 8 heteroatoms. The number of carbonyl (C=O) groups excluding carboxylic acids is 1. The summed E-state index contributed by atoms with van der Waals surface area (Å²) >= 11 is 0. The van der Waals surface area contributed by atoms with Crippen LogP contribution in [0.25, 0.3) is 0 Å². The number of aromatic carboxylic acids is 1. The number of carboxylic acids is 1. The molecule has 1 aliphatic heterocycles. The number of hydrogen-bond acceptors (Lipinski definition) is 4. The quantitative estimate of drug-likeness (QED) is 0.785. The number of nitrogens with zero attached hydrogens (tertiary/aromatic N) is 1. The van der Waals surface area contributed by atoms with Crippen LogP contribution in [0.1, 0.15) is 27.9 Å². The van der Waals surface area contributed by atoms with Crippen molar-refractivity contribution in [2.24, 2.45) is 0 Å². The van der Waals surface area contributed by atoms with Crippen LogP contribution in [-0.4, -0.2) is 37.7 Å². The van der Waals surface area contributed by atoms with Gasteiger partial charge >= 0.3 is 5.97 Å². The van der Waals surface area contributed by atoms with Crippen molar-refractivity contribution in [1.82, 2.24) is 5.32 Å². The van der Waals surface area contributed by atoms with Crippen LogP contribution in [0.5, 0.6) is 0 Å². The third-order valence-corrected chi connectivity index (χ3v) is 6.20. The summed E-state index contributed by atoms with van der Waals surface area (Å²) < 4.78 is 25.5. The van der Waals surface area contributed by atoms with Crippen LogP contribution in [0.4, 0.5) is 5.69 Å². The predicted octanol–water partition coefficient (Wildman–Crippen LogP) is 1.78. The Hall–Kier alpha value is -2.87. The average molecular weight is 388 g/mol. The number of benzene rings is 2. The largest absolute Gasteiger partial charge is 0.478 e. The molecule has 2 aromatic carbocycles. The van der Waals surface area contributed by atoms with E-state index in [9.17, 15) is 18.0 Å². The summed E-state index contributed by atoms with van der Waals surface area (Å²) in [6.07, 6.45) is 0.681. The van der Waals surface area contributed by atoms with E-state index in [1.807, 2.05) is 6.07 Å². The maximum Gasteiger partial charge on any atom is 0.335 e. The molecule has 1 fully saturated rings. The summed E-state index contributed by atoms with van der Waals surface area (Å²) in [6.45, 7) is 0.733. The summed E-state index contributed by atoms with van der Waals surface area (Å²) in [5.41, 5.74) is 2.15. The van der Waals surface area contributed by atoms with Crippen molar-refractivity contribution in [3.8, 4) is 0 Å². The van der Waals surface area contributed by atoms with Crippen LogP contribution in [0, 0.1) is 0 Å². The van der Waals surface area contributed by atoms with Crippen molar-refractivity contribution in [1.29, 1.82) is 0 Å². The second kappa shape index (κ2) is 7.79. The lowest BCUT2D eigenvalue weighted by Gasteiger charge is -2.17. The van der Waals surface area contributed by atoms with E-state index in [-0.39, 0.29) is 30.2 Å². The van der Waals surface area contributed by atoms with Crippen LogP contribution in [0.15, 0.2) is 48.5 Å². The average Bonchev–Trinajstić information content (AvgIpc) is 2.99. The van der Waals surface area contributed by atoms with Gasteiger partial charge in [0.25, 0.3) is 0 Å². The van der Waals surface area contributed by atoms with Crippen molar-refractivity contribution in [3.63, 3.8) is 0 Å². The monoisotopic (exact) mass is 388 g/mol. The molecule has 0 aromatic heterocycles. The van der Waals surface area contributed by atoms with Gasteiger partial charge in [-0.25, -0.2) is 13.2 Å². The highest BCUT2D eigenvalue weighted by Gasteiger charge is 2.28. The molecule has 0 radical (unpaired) electrons. The van der Waals surface area contributed by atoms with Crippen molar-refractivity contribution in [2.75, 3.05) is 16.6 Å². The highest BCUT2D eigenvalue weighted by molar-refractivity contribution is 7.93. The lowest BCUT2D eigenvalue weighted by Crippen LogP contribution is -2.26. The maximum absolute atomic E-state index is 12.1. The first-order valence-electron chi connectivity index (χ1n) is 8.53. The number of carbonyl (C=O) groups is 2. The number of sulfonamides is 1. The first-order valence-corrected chi connectivity index (χ1v) is 10.1. The van der Waals surface area contributed by atoms with Gasteiger partial charge in [-0.2, -0.15) is 0 Å². The maximum atomic E-state index is 12.1. The minimum Gasteiger partial charge on any atom is -0.478 e. The van der Waals surface area contributed by atoms with Crippen molar-refractivity contribution in [3.05, 3.63) is 65.2 Å². The van der Waals surface area contributed by atoms with Crippen LogP contribution in [0.3, 0.4) is 0 Å². The fraction of sp³-hybridized carbons (Fsp3) is 0.263. The summed E-state index contributed by atoms with van der Waals surface area (Å²) in [4.78, 5) is 23.1. The van der Waals surface area contributed by atoms with E-state index in [1.165, 1.54) is 16.4 Å². The molecule has 1 amide bonds. The second-order valence-corrected chi connectivity index (χ2v) is 8.38. The normalized spacial score (nSPS) is 15.5. The summed E-state index contributed by atoms with van der Waals surface area (Å²) in [5, 5.41) is 11.8. The Morgan fingerprint density at radius 3 is 2.52 bits per heavy atom. The Morgan fingerprint density at radius 1 is 1.07 bits per heavy atom. The minimum atomic E-state index is -3.24. The van der Waals surface area contributed by atoms with Gasteiger partial charge in [0.05, 0.1) is 23.4 Å². The molecule has 142 valence electrons. The molecule has 0 aliphatic carbocycles. The molecule has 0 bridgehead atoms.